The fraction of sp³-hybridized carbons (Fsp3) is 0.600. The van der Waals surface area contributed by atoms with Crippen molar-refractivity contribution in [2.24, 2.45) is 5.92 Å². The van der Waals surface area contributed by atoms with Gasteiger partial charge in [0.15, 0.2) is 0 Å². The monoisotopic (exact) mass is 298 g/mol. The number of rotatable bonds is 4. The average molecular weight is 299 g/mol. The first-order valence-corrected chi connectivity index (χ1v) is 7.66. The molecule has 3 rings (SSSR count). The molecular formula is C15H20ClFN2O. The molecule has 0 amide bonds. The van der Waals surface area contributed by atoms with Crippen LogP contribution in [0.25, 0.3) is 0 Å². The van der Waals surface area contributed by atoms with Gasteiger partial charge in [-0.05, 0) is 18.4 Å². The predicted octanol–water partition coefficient (Wildman–Crippen LogP) is 2.93. The number of halogens is 2. The second-order valence-electron chi connectivity index (χ2n) is 5.78. The van der Waals surface area contributed by atoms with Crippen molar-refractivity contribution < 1.29 is 9.50 Å². The van der Waals surface area contributed by atoms with E-state index >= 15 is 0 Å². The Hall–Kier alpha value is -0.840. The summed E-state index contributed by atoms with van der Waals surface area (Å²) in [4.78, 5) is 2.37. The smallest absolute Gasteiger partial charge is 0.145 e. The molecule has 0 radical (unpaired) electrons. The molecule has 1 aromatic rings. The molecule has 1 saturated carbocycles. The highest BCUT2D eigenvalue weighted by Crippen LogP contribution is 2.44. The minimum absolute atomic E-state index is 0.0872. The molecule has 5 heteroatoms. The van der Waals surface area contributed by atoms with Crippen LogP contribution in [0, 0.1) is 11.7 Å². The molecule has 1 heterocycles. The normalized spacial score (nSPS) is 21.9. The molecule has 0 unspecified atom stereocenters. The summed E-state index contributed by atoms with van der Waals surface area (Å²) >= 11 is 5.86. The number of phenols is 1. The largest absolute Gasteiger partial charge is 0.506 e. The van der Waals surface area contributed by atoms with Crippen LogP contribution in [0.1, 0.15) is 30.9 Å². The van der Waals surface area contributed by atoms with Gasteiger partial charge in [0.2, 0.25) is 0 Å². The van der Waals surface area contributed by atoms with Crippen molar-refractivity contribution >= 4 is 11.6 Å². The second-order valence-corrected chi connectivity index (χ2v) is 6.16. The Morgan fingerprint density at radius 2 is 2.05 bits per heavy atom. The average Bonchev–Trinajstić information content (AvgIpc) is 3.28. The van der Waals surface area contributed by atoms with Crippen molar-refractivity contribution in [1.82, 2.24) is 10.2 Å². The number of nitrogens with zero attached hydrogens (tertiary/aromatic N) is 1. The van der Waals surface area contributed by atoms with Crippen LogP contribution < -0.4 is 5.32 Å². The first-order chi connectivity index (χ1) is 9.66. The molecule has 2 N–H and O–H groups in total. The van der Waals surface area contributed by atoms with Crippen LogP contribution in [0.15, 0.2) is 12.1 Å². The van der Waals surface area contributed by atoms with Crippen LogP contribution in [-0.2, 0) is 0 Å². The Labute approximate surface area is 123 Å². The minimum atomic E-state index is -0.557. The Kier molecular flexibility index (Phi) is 4.15. The van der Waals surface area contributed by atoms with Crippen molar-refractivity contribution in [2.45, 2.75) is 25.3 Å². The van der Waals surface area contributed by atoms with Crippen molar-refractivity contribution in [3.05, 3.63) is 28.5 Å². The minimum Gasteiger partial charge on any atom is -0.506 e. The quantitative estimate of drug-likeness (QED) is 0.897. The zero-order chi connectivity index (χ0) is 14.1. The SMILES string of the molecule is Oc1c([C@H](CC2CC2)N2CCNCC2)ccc(F)c1Cl. The third-order valence-corrected chi connectivity index (χ3v) is 4.66. The maximum absolute atomic E-state index is 13.4. The summed E-state index contributed by atoms with van der Waals surface area (Å²) in [5.74, 6) is 0.0902. The maximum atomic E-state index is 13.4. The third-order valence-electron chi connectivity index (χ3n) is 4.31. The molecule has 2 fully saturated rings. The molecule has 1 aromatic carbocycles. The van der Waals surface area contributed by atoms with Crippen molar-refractivity contribution in [1.29, 1.82) is 0 Å². The second kappa shape index (κ2) is 5.88. The fourth-order valence-electron chi connectivity index (χ4n) is 2.96. The molecule has 0 spiro atoms. The van der Waals surface area contributed by atoms with E-state index in [1.165, 1.54) is 18.9 Å². The number of piperazine rings is 1. The standard InChI is InChI=1S/C15H20ClFN2O/c16-14-12(17)4-3-11(15(14)20)13(9-10-1-2-10)19-7-5-18-6-8-19/h3-4,10,13,18,20H,1-2,5-9H2/t13-/m0/s1. The van der Waals surface area contributed by atoms with E-state index in [0.29, 0.717) is 0 Å². The Morgan fingerprint density at radius 1 is 1.35 bits per heavy atom. The Bertz CT molecular complexity index is 487. The van der Waals surface area contributed by atoms with E-state index in [-0.39, 0.29) is 16.8 Å². The van der Waals surface area contributed by atoms with Gasteiger partial charge in [-0.25, -0.2) is 4.39 Å². The third kappa shape index (κ3) is 2.92. The lowest BCUT2D eigenvalue weighted by atomic mass is 9.97. The highest BCUT2D eigenvalue weighted by atomic mass is 35.5. The van der Waals surface area contributed by atoms with Crippen LogP contribution in [0.4, 0.5) is 4.39 Å². The summed E-state index contributed by atoms with van der Waals surface area (Å²) in [6, 6.07) is 3.19. The van der Waals surface area contributed by atoms with Crippen LogP contribution in [0.3, 0.4) is 0 Å². The maximum Gasteiger partial charge on any atom is 0.145 e. The van der Waals surface area contributed by atoms with Gasteiger partial charge in [0, 0.05) is 37.8 Å². The highest BCUT2D eigenvalue weighted by molar-refractivity contribution is 6.32. The summed E-state index contributed by atoms with van der Waals surface area (Å²) in [5, 5.41) is 13.4. The summed E-state index contributed by atoms with van der Waals surface area (Å²) in [6.07, 6.45) is 3.55. The van der Waals surface area contributed by atoms with Gasteiger partial charge in [0.25, 0.3) is 0 Å². The van der Waals surface area contributed by atoms with Gasteiger partial charge in [0.05, 0.1) is 0 Å². The zero-order valence-electron chi connectivity index (χ0n) is 11.4. The van der Waals surface area contributed by atoms with Gasteiger partial charge in [0.1, 0.15) is 16.6 Å². The van der Waals surface area contributed by atoms with Gasteiger partial charge in [-0.3, -0.25) is 4.90 Å². The molecule has 1 aliphatic heterocycles. The number of benzene rings is 1. The molecule has 3 nitrogen and oxygen atoms in total. The topological polar surface area (TPSA) is 35.5 Å². The van der Waals surface area contributed by atoms with Gasteiger partial charge < -0.3 is 10.4 Å². The molecule has 1 atom stereocenters. The van der Waals surface area contributed by atoms with Gasteiger partial charge in [-0.1, -0.05) is 30.5 Å². The predicted molar refractivity (Wildman–Crippen MR) is 77.6 cm³/mol. The highest BCUT2D eigenvalue weighted by Gasteiger charge is 2.32. The van der Waals surface area contributed by atoms with E-state index in [0.717, 1.165) is 44.1 Å². The van der Waals surface area contributed by atoms with Crippen LogP contribution in [0.2, 0.25) is 5.02 Å². The van der Waals surface area contributed by atoms with Crippen molar-refractivity contribution in [3.63, 3.8) is 0 Å². The van der Waals surface area contributed by atoms with Crippen molar-refractivity contribution in [3.8, 4) is 5.75 Å². The number of hydrogen-bond donors (Lipinski definition) is 2. The lowest BCUT2D eigenvalue weighted by Gasteiger charge is -2.35. The van der Waals surface area contributed by atoms with Gasteiger partial charge in [-0.15, -0.1) is 0 Å². The molecule has 20 heavy (non-hydrogen) atoms. The van der Waals surface area contributed by atoms with Crippen LogP contribution in [-0.4, -0.2) is 36.2 Å². The van der Waals surface area contributed by atoms with E-state index < -0.39 is 5.82 Å². The first-order valence-electron chi connectivity index (χ1n) is 7.28. The van der Waals surface area contributed by atoms with E-state index in [2.05, 4.69) is 10.2 Å². The number of hydrogen-bond acceptors (Lipinski definition) is 3. The summed E-state index contributed by atoms with van der Waals surface area (Å²) < 4.78 is 13.4. The Balaban J connectivity index is 1.89. The van der Waals surface area contributed by atoms with Crippen molar-refractivity contribution in [2.75, 3.05) is 26.2 Å². The Morgan fingerprint density at radius 3 is 2.70 bits per heavy atom. The van der Waals surface area contributed by atoms with Crippen LogP contribution >= 0.6 is 11.6 Å². The van der Waals surface area contributed by atoms with E-state index in [4.69, 9.17) is 11.6 Å². The number of nitrogens with one attached hydrogen (secondary N) is 1. The molecule has 2 aliphatic rings. The van der Waals surface area contributed by atoms with Crippen LogP contribution in [0.5, 0.6) is 5.75 Å². The summed E-state index contributed by atoms with van der Waals surface area (Å²) in [5.41, 5.74) is 0.769. The lowest BCUT2D eigenvalue weighted by Crippen LogP contribution is -2.45. The summed E-state index contributed by atoms with van der Waals surface area (Å²) in [7, 11) is 0. The molecular weight excluding hydrogens is 279 g/mol. The first kappa shape index (κ1) is 14.1. The molecule has 1 aliphatic carbocycles. The van der Waals surface area contributed by atoms with Gasteiger partial charge >= 0.3 is 0 Å². The van der Waals surface area contributed by atoms with Gasteiger partial charge in [-0.2, -0.15) is 0 Å². The molecule has 0 aromatic heterocycles. The molecule has 1 saturated heterocycles. The zero-order valence-corrected chi connectivity index (χ0v) is 12.2. The lowest BCUT2D eigenvalue weighted by molar-refractivity contribution is 0.158. The number of phenolic OH excluding ortho intramolecular Hbond substituents is 1. The molecule has 110 valence electrons. The molecule has 0 bridgehead atoms. The number of aromatic hydroxyl groups is 1. The fourth-order valence-corrected chi connectivity index (χ4v) is 3.13. The van der Waals surface area contributed by atoms with E-state index in [9.17, 15) is 9.50 Å². The summed E-state index contributed by atoms with van der Waals surface area (Å²) in [6.45, 7) is 3.81. The van der Waals surface area contributed by atoms with E-state index in [1.807, 2.05) is 0 Å². The van der Waals surface area contributed by atoms with E-state index in [1.54, 1.807) is 6.07 Å².